The number of nitrogens with one attached hydrogen (secondary N) is 1. The van der Waals surface area contributed by atoms with Gasteiger partial charge in [0.1, 0.15) is 10.8 Å². The Balaban J connectivity index is 2.07. The van der Waals surface area contributed by atoms with Crippen molar-refractivity contribution >= 4 is 11.3 Å². The fourth-order valence-electron chi connectivity index (χ4n) is 2.12. The average molecular weight is 276 g/mol. The number of nitrogens with zero attached hydrogens (tertiary/aromatic N) is 1. The summed E-state index contributed by atoms with van der Waals surface area (Å²) in [7, 11) is 1.72. The number of benzene rings is 1. The number of aromatic nitrogens is 1. The molecule has 4 heteroatoms. The van der Waals surface area contributed by atoms with E-state index in [0.717, 1.165) is 23.7 Å². The van der Waals surface area contributed by atoms with Crippen LogP contribution in [0.1, 0.15) is 34.8 Å². The second kappa shape index (κ2) is 6.68. The summed E-state index contributed by atoms with van der Waals surface area (Å²) in [6.45, 7) is 5.06. The molecule has 1 aromatic carbocycles. The van der Waals surface area contributed by atoms with Crippen molar-refractivity contribution in [2.45, 2.75) is 32.9 Å². The van der Waals surface area contributed by atoms with Gasteiger partial charge in [0.2, 0.25) is 0 Å². The van der Waals surface area contributed by atoms with E-state index in [2.05, 4.69) is 36.3 Å². The molecule has 3 nitrogen and oxygen atoms in total. The number of thiazole rings is 1. The van der Waals surface area contributed by atoms with E-state index in [0.29, 0.717) is 6.04 Å². The number of para-hydroxylation sites is 1. The Kier molecular flexibility index (Phi) is 4.93. The molecular weight excluding hydrogens is 256 g/mol. The summed E-state index contributed by atoms with van der Waals surface area (Å²) in [5.74, 6) is 0.942. The van der Waals surface area contributed by atoms with Crippen LogP contribution in [0.2, 0.25) is 0 Å². The van der Waals surface area contributed by atoms with Gasteiger partial charge in [0.15, 0.2) is 0 Å². The maximum atomic E-state index is 5.43. The first-order chi connectivity index (χ1) is 9.24. The summed E-state index contributed by atoms with van der Waals surface area (Å²) < 4.78 is 5.43. The van der Waals surface area contributed by atoms with Crippen molar-refractivity contribution in [1.82, 2.24) is 10.3 Å². The molecule has 2 aromatic rings. The second-order valence-electron chi connectivity index (χ2n) is 4.45. The van der Waals surface area contributed by atoms with Crippen molar-refractivity contribution in [1.29, 1.82) is 0 Å². The van der Waals surface area contributed by atoms with E-state index < -0.39 is 0 Å². The number of hydrogen-bond donors (Lipinski definition) is 1. The van der Waals surface area contributed by atoms with Crippen LogP contribution in [0, 0.1) is 6.92 Å². The lowest BCUT2D eigenvalue weighted by Crippen LogP contribution is -2.20. The fraction of sp³-hybridized carbons (Fsp3) is 0.400. The van der Waals surface area contributed by atoms with Crippen molar-refractivity contribution in [2.24, 2.45) is 0 Å². The Labute approximate surface area is 118 Å². The molecule has 19 heavy (non-hydrogen) atoms. The largest absolute Gasteiger partial charge is 0.496 e. The third-order valence-corrected chi connectivity index (χ3v) is 4.00. The van der Waals surface area contributed by atoms with Crippen LogP contribution < -0.4 is 10.1 Å². The van der Waals surface area contributed by atoms with Crippen LogP contribution in [-0.4, -0.2) is 12.1 Å². The van der Waals surface area contributed by atoms with Crippen LogP contribution in [-0.2, 0) is 6.54 Å². The molecule has 1 unspecified atom stereocenters. The lowest BCUT2D eigenvalue weighted by molar-refractivity contribution is 0.396. The molecule has 0 amide bonds. The quantitative estimate of drug-likeness (QED) is 0.873. The van der Waals surface area contributed by atoms with E-state index in [-0.39, 0.29) is 0 Å². The molecule has 1 atom stereocenters. The van der Waals surface area contributed by atoms with E-state index in [1.807, 2.05) is 18.3 Å². The molecule has 0 saturated carbocycles. The zero-order valence-corrected chi connectivity index (χ0v) is 12.5. The first kappa shape index (κ1) is 14.0. The van der Waals surface area contributed by atoms with Gasteiger partial charge in [0.25, 0.3) is 0 Å². The minimum Gasteiger partial charge on any atom is -0.496 e. The molecule has 1 heterocycles. The van der Waals surface area contributed by atoms with Gasteiger partial charge in [0, 0.05) is 29.2 Å². The third-order valence-electron chi connectivity index (χ3n) is 3.09. The second-order valence-corrected chi connectivity index (χ2v) is 5.77. The standard InChI is InChI=1S/C15H20N2OS/c1-4-13(12-7-5-6-8-14(12)18-3)16-10-15-17-9-11(2)19-15/h5-9,13,16H,4,10H2,1-3H3. The van der Waals surface area contributed by atoms with E-state index in [4.69, 9.17) is 4.74 Å². The summed E-state index contributed by atoms with van der Waals surface area (Å²) in [6.07, 6.45) is 2.94. The lowest BCUT2D eigenvalue weighted by atomic mass is 10.0. The maximum absolute atomic E-state index is 5.43. The molecule has 0 saturated heterocycles. The van der Waals surface area contributed by atoms with Crippen molar-refractivity contribution in [2.75, 3.05) is 7.11 Å². The predicted octanol–water partition coefficient (Wildman–Crippen LogP) is 3.70. The number of aryl methyl sites for hydroxylation is 1. The number of methoxy groups -OCH3 is 1. The third kappa shape index (κ3) is 3.55. The fourth-order valence-corrected chi connectivity index (χ4v) is 2.86. The van der Waals surface area contributed by atoms with Crippen LogP contribution in [0.25, 0.3) is 0 Å². The number of ether oxygens (including phenoxy) is 1. The molecular formula is C15H20N2OS. The van der Waals surface area contributed by atoms with Gasteiger partial charge in [-0.25, -0.2) is 4.98 Å². The summed E-state index contributed by atoms with van der Waals surface area (Å²) in [4.78, 5) is 5.64. The van der Waals surface area contributed by atoms with E-state index in [9.17, 15) is 0 Å². The smallest absolute Gasteiger partial charge is 0.123 e. The van der Waals surface area contributed by atoms with Gasteiger partial charge in [-0.3, -0.25) is 0 Å². The number of rotatable bonds is 6. The van der Waals surface area contributed by atoms with Crippen LogP contribution in [0.15, 0.2) is 30.5 Å². The SMILES string of the molecule is CCC(NCc1ncc(C)s1)c1ccccc1OC. The Morgan fingerprint density at radius 1 is 1.37 bits per heavy atom. The molecule has 0 aliphatic rings. The Morgan fingerprint density at radius 2 is 2.16 bits per heavy atom. The molecule has 0 bridgehead atoms. The summed E-state index contributed by atoms with van der Waals surface area (Å²) in [6, 6.07) is 8.47. The van der Waals surface area contributed by atoms with Crippen molar-refractivity contribution in [3.8, 4) is 5.75 Å². The minimum absolute atomic E-state index is 0.292. The van der Waals surface area contributed by atoms with Crippen molar-refractivity contribution in [3.63, 3.8) is 0 Å². The van der Waals surface area contributed by atoms with Crippen LogP contribution >= 0.6 is 11.3 Å². The molecule has 1 aromatic heterocycles. The first-order valence-electron chi connectivity index (χ1n) is 6.52. The average Bonchev–Trinajstić information content (AvgIpc) is 2.86. The summed E-state index contributed by atoms with van der Waals surface area (Å²) >= 11 is 1.74. The topological polar surface area (TPSA) is 34.2 Å². The van der Waals surface area contributed by atoms with Gasteiger partial charge in [-0.05, 0) is 19.4 Å². The summed E-state index contributed by atoms with van der Waals surface area (Å²) in [5, 5.41) is 4.69. The minimum atomic E-state index is 0.292. The van der Waals surface area contributed by atoms with Gasteiger partial charge in [-0.2, -0.15) is 0 Å². The Bertz CT molecular complexity index is 524. The summed E-state index contributed by atoms with van der Waals surface area (Å²) in [5.41, 5.74) is 1.21. The highest BCUT2D eigenvalue weighted by molar-refractivity contribution is 7.11. The monoisotopic (exact) mass is 276 g/mol. The Hall–Kier alpha value is -1.39. The van der Waals surface area contributed by atoms with Gasteiger partial charge in [-0.1, -0.05) is 25.1 Å². The lowest BCUT2D eigenvalue weighted by Gasteiger charge is -2.19. The van der Waals surface area contributed by atoms with Crippen LogP contribution in [0.3, 0.4) is 0 Å². The molecule has 0 aliphatic carbocycles. The molecule has 102 valence electrons. The maximum Gasteiger partial charge on any atom is 0.123 e. The van der Waals surface area contributed by atoms with Crippen LogP contribution in [0.4, 0.5) is 0 Å². The Morgan fingerprint density at radius 3 is 2.79 bits per heavy atom. The normalized spacial score (nSPS) is 12.4. The highest BCUT2D eigenvalue weighted by Crippen LogP contribution is 2.27. The molecule has 0 spiro atoms. The molecule has 2 rings (SSSR count). The first-order valence-corrected chi connectivity index (χ1v) is 7.33. The van der Waals surface area contributed by atoms with Gasteiger partial charge in [-0.15, -0.1) is 11.3 Å². The zero-order valence-electron chi connectivity index (χ0n) is 11.6. The molecule has 0 fully saturated rings. The van der Waals surface area contributed by atoms with E-state index in [1.54, 1.807) is 18.4 Å². The zero-order chi connectivity index (χ0) is 13.7. The van der Waals surface area contributed by atoms with Crippen LogP contribution in [0.5, 0.6) is 5.75 Å². The number of hydrogen-bond acceptors (Lipinski definition) is 4. The molecule has 0 aliphatic heterocycles. The van der Waals surface area contributed by atoms with Gasteiger partial charge in [0.05, 0.1) is 7.11 Å². The van der Waals surface area contributed by atoms with Crippen molar-refractivity contribution < 1.29 is 4.74 Å². The van der Waals surface area contributed by atoms with E-state index >= 15 is 0 Å². The predicted molar refractivity (Wildman–Crippen MR) is 79.7 cm³/mol. The highest BCUT2D eigenvalue weighted by atomic mass is 32.1. The van der Waals surface area contributed by atoms with Crippen molar-refractivity contribution in [3.05, 3.63) is 45.9 Å². The van der Waals surface area contributed by atoms with Gasteiger partial charge < -0.3 is 10.1 Å². The van der Waals surface area contributed by atoms with Gasteiger partial charge >= 0.3 is 0 Å². The molecule has 0 radical (unpaired) electrons. The highest BCUT2D eigenvalue weighted by Gasteiger charge is 2.13. The molecule has 1 N–H and O–H groups in total. The van der Waals surface area contributed by atoms with E-state index in [1.165, 1.54) is 10.4 Å².